The highest BCUT2D eigenvalue weighted by molar-refractivity contribution is 7.89. The number of carbonyl (C=O) groups is 1. The molecule has 2 aromatic carbocycles. The van der Waals surface area contributed by atoms with Crippen LogP contribution < -0.4 is 5.32 Å². The van der Waals surface area contributed by atoms with Crippen LogP contribution in [-0.4, -0.2) is 32.2 Å². The van der Waals surface area contributed by atoms with E-state index in [9.17, 15) is 13.2 Å². The number of hydrogen-bond acceptors (Lipinski definition) is 4. The molecule has 0 radical (unpaired) electrons. The van der Waals surface area contributed by atoms with Gasteiger partial charge < -0.3 is 5.32 Å². The van der Waals surface area contributed by atoms with E-state index in [0.717, 1.165) is 15.4 Å². The number of carbonyl (C=O) groups excluding carboxylic acids is 1. The van der Waals surface area contributed by atoms with Crippen molar-refractivity contribution in [3.8, 4) is 6.07 Å². The Morgan fingerprint density at radius 2 is 1.92 bits per heavy atom. The Morgan fingerprint density at radius 1 is 1.20 bits per heavy atom. The maximum absolute atomic E-state index is 12.5. The third-order valence-electron chi connectivity index (χ3n) is 3.70. The van der Waals surface area contributed by atoms with Gasteiger partial charge in [0.25, 0.3) is 0 Å². The van der Waals surface area contributed by atoms with Gasteiger partial charge in [-0.15, -0.1) is 0 Å². The van der Waals surface area contributed by atoms with E-state index in [1.54, 1.807) is 0 Å². The second kappa shape index (κ2) is 7.47. The maximum atomic E-state index is 12.5. The molecule has 6 nitrogen and oxygen atoms in total. The molecule has 0 saturated carbocycles. The fourth-order valence-electron chi connectivity index (χ4n) is 2.25. The Morgan fingerprint density at radius 3 is 2.60 bits per heavy atom. The van der Waals surface area contributed by atoms with Gasteiger partial charge in [0.15, 0.2) is 0 Å². The lowest BCUT2D eigenvalue weighted by molar-refractivity contribution is -0.116. The van der Waals surface area contributed by atoms with E-state index in [1.165, 1.54) is 31.3 Å². The van der Waals surface area contributed by atoms with Crippen molar-refractivity contribution in [3.05, 3.63) is 59.2 Å². The molecule has 1 amide bonds. The van der Waals surface area contributed by atoms with Crippen molar-refractivity contribution < 1.29 is 13.2 Å². The van der Waals surface area contributed by atoms with Crippen molar-refractivity contribution in [2.45, 2.75) is 18.7 Å². The topological polar surface area (TPSA) is 90.3 Å². The smallest absolute Gasteiger partial charge is 0.243 e. The summed E-state index contributed by atoms with van der Waals surface area (Å²) in [4.78, 5) is 12.2. The molecule has 0 heterocycles. The van der Waals surface area contributed by atoms with Crippen molar-refractivity contribution in [2.24, 2.45) is 0 Å². The van der Waals surface area contributed by atoms with Crippen molar-refractivity contribution in [2.75, 3.05) is 18.9 Å². The molecule has 0 aliphatic heterocycles. The van der Waals surface area contributed by atoms with E-state index in [-0.39, 0.29) is 17.0 Å². The lowest BCUT2D eigenvalue weighted by Crippen LogP contribution is -2.35. The molecule has 1 N–H and O–H groups in total. The summed E-state index contributed by atoms with van der Waals surface area (Å²) in [5, 5.41) is 11.6. The largest absolute Gasteiger partial charge is 0.325 e. The van der Waals surface area contributed by atoms with Gasteiger partial charge in [0, 0.05) is 12.7 Å². The lowest BCUT2D eigenvalue weighted by Gasteiger charge is -2.17. The molecule has 0 aliphatic rings. The van der Waals surface area contributed by atoms with E-state index in [2.05, 4.69) is 5.32 Å². The van der Waals surface area contributed by atoms with E-state index in [4.69, 9.17) is 5.26 Å². The first-order valence-corrected chi connectivity index (χ1v) is 9.01. The predicted molar refractivity (Wildman–Crippen MR) is 95.5 cm³/mol. The quantitative estimate of drug-likeness (QED) is 0.890. The van der Waals surface area contributed by atoms with Crippen LogP contribution >= 0.6 is 0 Å². The fraction of sp³-hybridized carbons (Fsp3) is 0.222. The number of benzene rings is 2. The molecular weight excluding hydrogens is 338 g/mol. The van der Waals surface area contributed by atoms with Gasteiger partial charge >= 0.3 is 0 Å². The van der Waals surface area contributed by atoms with Crippen LogP contribution in [0.5, 0.6) is 0 Å². The Bertz CT molecular complexity index is 946. The van der Waals surface area contributed by atoms with Crippen molar-refractivity contribution >= 4 is 21.6 Å². The minimum Gasteiger partial charge on any atom is -0.325 e. The summed E-state index contributed by atoms with van der Waals surface area (Å²) < 4.78 is 26.1. The summed E-state index contributed by atoms with van der Waals surface area (Å²) in [6, 6.07) is 13.3. The monoisotopic (exact) mass is 357 g/mol. The number of nitrogens with one attached hydrogen (secondary N) is 1. The molecule has 0 bridgehead atoms. The van der Waals surface area contributed by atoms with Gasteiger partial charge in [0.2, 0.25) is 15.9 Å². The molecule has 7 heteroatoms. The first-order chi connectivity index (χ1) is 11.7. The summed E-state index contributed by atoms with van der Waals surface area (Å²) >= 11 is 0. The average Bonchev–Trinajstić information content (AvgIpc) is 2.58. The number of likely N-dealkylation sites (N-methyl/N-ethyl adjacent to an activating group) is 1. The van der Waals surface area contributed by atoms with E-state index in [0.29, 0.717) is 5.69 Å². The summed E-state index contributed by atoms with van der Waals surface area (Å²) in [6.07, 6.45) is 0. The minimum absolute atomic E-state index is 0.0198. The number of rotatable bonds is 5. The zero-order valence-corrected chi connectivity index (χ0v) is 15.1. The van der Waals surface area contributed by atoms with E-state index in [1.807, 2.05) is 38.1 Å². The number of anilines is 1. The van der Waals surface area contributed by atoms with Crippen LogP contribution in [0.25, 0.3) is 0 Å². The lowest BCUT2D eigenvalue weighted by atomic mass is 10.1. The molecule has 2 rings (SSSR count). The average molecular weight is 357 g/mol. The van der Waals surface area contributed by atoms with Crippen LogP contribution in [0.15, 0.2) is 47.4 Å². The van der Waals surface area contributed by atoms with E-state index >= 15 is 0 Å². The first-order valence-electron chi connectivity index (χ1n) is 7.57. The summed E-state index contributed by atoms with van der Waals surface area (Å²) in [5.41, 5.74) is 2.79. The highest BCUT2D eigenvalue weighted by Gasteiger charge is 2.23. The molecule has 0 fully saturated rings. The SMILES string of the molecule is Cc1ccc(C)c(NC(=O)CN(C)S(=O)(=O)c2cccc(C#N)c2)c1. The van der Waals surface area contributed by atoms with Crippen LogP contribution in [0.3, 0.4) is 0 Å². The van der Waals surface area contributed by atoms with Gasteiger partial charge in [0.1, 0.15) is 0 Å². The molecule has 2 aromatic rings. The number of aryl methyl sites for hydroxylation is 2. The summed E-state index contributed by atoms with van der Waals surface area (Å²) in [5.74, 6) is -0.434. The summed E-state index contributed by atoms with van der Waals surface area (Å²) in [7, 11) is -2.53. The number of hydrogen-bond donors (Lipinski definition) is 1. The zero-order chi connectivity index (χ0) is 18.6. The maximum Gasteiger partial charge on any atom is 0.243 e. The molecule has 0 atom stereocenters. The van der Waals surface area contributed by atoms with Crippen LogP contribution in [0.1, 0.15) is 16.7 Å². The van der Waals surface area contributed by atoms with Crippen LogP contribution in [0, 0.1) is 25.2 Å². The number of nitriles is 1. The van der Waals surface area contributed by atoms with Crippen LogP contribution in [0.2, 0.25) is 0 Å². The highest BCUT2D eigenvalue weighted by atomic mass is 32.2. The molecule has 0 unspecified atom stereocenters. The van der Waals surface area contributed by atoms with Crippen molar-refractivity contribution in [3.63, 3.8) is 0 Å². The second-order valence-electron chi connectivity index (χ2n) is 5.77. The predicted octanol–water partition coefficient (Wildman–Crippen LogP) is 2.43. The number of sulfonamides is 1. The molecule has 25 heavy (non-hydrogen) atoms. The normalized spacial score (nSPS) is 11.2. The molecular formula is C18H19N3O3S. The molecule has 0 saturated heterocycles. The molecule has 130 valence electrons. The standard InChI is InChI=1S/C18H19N3O3S/c1-13-7-8-14(2)17(9-13)20-18(22)12-21(3)25(23,24)16-6-4-5-15(10-16)11-19/h4-10H,12H2,1-3H3,(H,20,22). The second-order valence-corrected chi connectivity index (χ2v) is 7.81. The van der Waals surface area contributed by atoms with Gasteiger partial charge in [-0.1, -0.05) is 18.2 Å². The Hall–Kier alpha value is -2.69. The summed E-state index contributed by atoms with van der Waals surface area (Å²) in [6.45, 7) is 3.45. The number of amides is 1. The van der Waals surface area contributed by atoms with Gasteiger partial charge in [-0.3, -0.25) is 4.79 Å². The van der Waals surface area contributed by atoms with Gasteiger partial charge in [-0.2, -0.15) is 9.57 Å². The van der Waals surface area contributed by atoms with Crippen molar-refractivity contribution in [1.82, 2.24) is 4.31 Å². The first kappa shape index (κ1) is 18.6. The van der Waals surface area contributed by atoms with Gasteiger partial charge in [0.05, 0.1) is 23.1 Å². The highest BCUT2D eigenvalue weighted by Crippen LogP contribution is 2.18. The van der Waals surface area contributed by atoms with Gasteiger partial charge in [-0.25, -0.2) is 8.42 Å². The number of nitrogens with zero attached hydrogens (tertiary/aromatic N) is 2. The third-order valence-corrected chi connectivity index (χ3v) is 5.50. The Kier molecular flexibility index (Phi) is 5.57. The van der Waals surface area contributed by atoms with E-state index < -0.39 is 15.9 Å². The Balaban J connectivity index is 2.14. The minimum atomic E-state index is -3.86. The Labute approximate surface area is 147 Å². The van der Waals surface area contributed by atoms with Gasteiger partial charge in [-0.05, 0) is 49.2 Å². The zero-order valence-electron chi connectivity index (χ0n) is 14.3. The van der Waals surface area contributed by atoms with Crippen molar-refractivity contribution in [1.29, 1.82) is 5.26 Å². The van der Waals surface area contributed by atoms with Crippen LogP contribution in [0.4, 0.5) is 5.69 Å². The molecule has 0 aliphatic carbocycles. The molecule has 0 aromatic heterocycles. The van der Waals surface area contributed by atoms with Crippen LogP contribution in [-0.2, 0) is 14.8 Å². The fourth-order valence-corrected chi connectivity index (χ4v) is 3.43. The third kappa shape index (κ3) is 4.44. The molecule has 0 spiro atoms.